The Labute approximate surface area is 122 Å². The van der Waals surface area contributed by atoms with Crippen LogP contribution in [0.1, 0.15) is 65.2 Å². The summed E-state index contributed by atoms with van der Waals surface area (Å²) in [4.78, 5) is 23.8. The quantitative estimate of drug-likeness (QED) is 0.830. The first kappa shape index (κ1) is 15.3. The van der Waals surface area contributed by atoms with Gasteiger partial charge in [0.05, 0.1) is 0 Å². The summed E-state index contributed by atoms with van der Waals surface area (Å²) in [6.07, 6.45) is 9.00. The van der Waals surface area contributed by atoms with Crippen LogP contribution in [0.3, 0.4) is 0 Å². The molecule has 20 heavy (non-hydrogen) atoms. The molecule has 114 valence electrons. The van der Waals surface area contributed by atoms with E-state index in [-0.39, 0.29) is 17.9 Å². The van der Waals surface area contributed by atoms with Crippen LogP contribution < -0.4 is 10.6 Å². The molecule has 2 aliphatic rings. The van der Waals surface area contributed by atoms with Crippen LogP contribution in [0, 0.1) is 11.8 Å². The second-order valence-corrected chi connectivity index (χ2v) is 6.69. The summed E-state index contributed by atoms with van der Waals surface area (Å²) in [6.45, 7) is 3.77. The van der Waals surface area contributed by atoms with E-state index in [1.54, 1.807) is 0 Å². The number of nitrogens with one attached hydrogen (secondary N) is 2. The van der Waals surface area contributed by atoms with Gasteiger partial charge in [-0.25, -0.2) is 0 Å². The molecule has 0 aromatic rings. The Bertz CT molecular complexity index is 342. The van der Waals surface area contributed by atoms with Crippen LogP contribution in [0.5, 0.6) is 0 Å². The number of rotatable bonds is 4. The number of hydrogen-bond donors (Lipinski definition) is 2. The van der Waals surface area contributed by atoms with Crippen molar-refractivity contribution < 1.29 is 9.59 Å². The van der Waals surface area contributed by atoms with E-state index in [0.717, 1.165) is 31.6 Å². The molecule has 2 rings (SSSR count). The fraction of sp³-hybridized carbons (Fsp3) is 0.875. The SMILES string of the molecule is CC(=O)NC(C(=O)NC1CCC(C)CC1)C1CCCC1. The molecule has 0 aromatic carbocycles. The topological polar surface area (TPSA) is 58.2 Å². The van der Waals surface area contributed by atoms with Crippen molar-refractivity contribution in [2.45, 2.75) is 77.3 Å². The Kier molecular flexibility index (Phi) is 5.44. The smallest absolute Gasteiger partial charge is 0.243 e. The second kappa shape index (κ2) is 7.09. The van der Waals surface area contributed by atoms with Crippen molar-refractivity contribution in [2.24, 2.45) is 11.8 Å². The fourth-order valence-corrected chi connectivity index (χ4v) is 3.60. The summed E-state index contributed by atoms with van der Waals surface area (Å²) in [5.41, 5.74) is 0. The van der Waals surface area contributed by atoms with Gasteiger partial charge in [0.15, 0.2) is 0 Å². The zero-order valence-corrected chi connectivity index (χ0v) is 12.8. The average Bonchev–Trinajstić information content (AvgIpc) is 2.92. The number of amides is 2. The molecular formula is C16H28N2O2. The minimum Gasteiger partial charge on any atom is -0.352 e. The highest BCUT2D eigenvalue weighted by atomic mass is 16.2. The van der Waals surface area contributed by atoms with E-state index < -0.39 is 0 Å². The van der Waals surface area contributed by atoms with Crippen LogP contribution in [0.4, 0.5) is 0 Å². The van der Waals surface area contributed by atoms with Crippen molar-refractivity contribution in [3.63, 3.8) is 0 Å². The minimum absolute atomic E-state index is 0.0339. The maximum absolute atomic E-state index is 12.5. The van der Waals surface area contributed by atoms with E-state index in [4.69, 9.17) is 0 Å². The Morgan fingerprint density at radius 1 is 1.00 bits per heavy atom. The lowest BCUT2D eigenvalue weighted by Crippen LogP contribution is -2.52. The van der Waals surface area contributed by atoms with E-state index in [9.17, 15) is 9.59 Å². The van der Waals surface area contributed by atoms with Gasteiger partial charge in [-0.05, 0) is 50.4 Å². The van der Waals surface area contributed by atoms with Crippen molar-refractivity contribution in [3.8, 4) is 0 Å². The molecule has 1 unspecified atom stereocenters. The molecule has 2 fully saturated rings. The maximum atomic E-state index is 12.5. The molecule has 2 aliphatic carbocycles. The molecule has 0 aliphatic heterocycles. The summed E-state index contributed by atoms with van der Waals surface area (Å²) >= 11 is 0. The van der Waals surface area contributed by atoms with E-state index >= 15 is 0 Å². The highest BCUT2D eigenvalue weighted by molar-refractivity contribution is 5.87. The third kappa shape index (κ3) is 4.22. The maximum Gasteiger partial charge on any atom is 0.243 e. The molecule has 2 amide bonds. The summed E-state index contributed by atoms with van der Waals surface area (Å²) < 4.78 is 0. The van der Waals surface area contributed by atoms with Gasteiger partial charge in [-0.2, -0.15) is 0 Å². The second-order valence-electron chi connectivity index (χ2n) is 6.69. The molecule has 0 bridgehead atoms. The van der Waals surface area contributed by atoms with Crippen LogP contribution in [0.15, 0.2) is 0 Å². The van der Waals surface area contributed by atoms with Gasteiger partial charge >= 0.3 is 0 Å². The summed E-state index contributed by atoms with van der Waals surface area (Å²) in [5, 5.41) is 6.04. The van der Waals surface area contributed by atoms with Gasteiger partial charge in [-0.1, -0.05) is 19.8 Å². The van der Waals surface area contributed by atoms with Gasteiger partial charge in [-0.3, -0.25) is 9.59 Å². The summed E-state index contributed by atoms with van der Waals surface area (Å²) in [6, 6.07) is -0.0225. The lowest BCUT2D eigenvalue weighted by Gasteiger charge is -2.30. The molecule has 1 atom stereocenters. The lowest BCUT2D eigenvalue weighted by atomic mass is 9.87. The van der Waals surface area contributed by atoms with Crippen molar-refractivity contribution in [3.05, 3.63) is 0 Å². The van der Waals surface area contributed by atoms with Gasteiger partial charge in [0.25, 0.3) is 0 Å². The Morgan fingerprint density at radius 2 is 1.60 bits per heavy atom. The number of carbonyl (C=O) groups excluding carboxylic acids is 2. The van der Waals surface area contributed by atoms with E-state index in [0.29, 0.717) is 12.0 Å². The third-order valence-corrected chi connectivity index (χ3v) is 4.87. The largest absolute Gasteiger partial charge is 0.352 e. The Morgan fingerprint density at radius 3 is 2.15 bits per heavy atom. The first-order chi connectivity index (χ1) is 9.56. The predicted molar refractivity (Wildman–Crippen MR) is 79.1 cm³/mol. The van der Waals surface area contributed by atoms with Crippen molar-refractivity contribution >= 4 is 11.8 Å². The molecule has 0 heterocycles. The van der Waals surface area contributed by atoms with Crippen molar-refractivity contribution in [1.82, 2.24) is 10.6 Å². The molecule has 4 heteroatoms. The van der Waals surface area contributed by atoms with Gasteiger partial charge in [0, 0.05) is 13.0 Å². The van der Waals surface area contributed by atoms with Crippen LogP contribution in [0.2, 0.25) is 0 Å². The van der Waals surface area contributed by atoms with Gasteiger partial charge in [0.1, 0.15) is 6.04 Å². The van der Waals surface area contributed by atoms with Gasteiger partial charge in [-0.15, -0.1) is 0 Å². The molecule has 0 radical (unpaired) electrons. The van der Waals surface area contributed by atoms with Crippen LogP contribution in [-0.2, 0) is 9.59 Å². The van der Waals surface area contributed by atoms with E-state index in [1.165, 1.54) is 32.6 Å². The molecule has 2 N–H and O–H groups in total. The first-order valence-corrected chi connectivity index (χ1v) is 8.13. The van der Waals surface area contributed by atoms with Crippen molar-refractivity contribution in [2.75, 3.05) is 0 Å². The highest BCUT2D eigenvalue weighted by Crippen LogP contribution is 2.28. The molecular weight excluding hydrogens is 252 g/mol. The van der Waals surface area contributed by atoms with Crippen molar-refractivity contribution in [1.29, 1.82) is 0 Å². The van der Waals surface area contributed by atoms with E-state index in [2.05, 4.69) is 17.6 Å². The van der Waals surface area contributed by atoms with Crippen LogP contribution in [0.25, 0.3) is 0 Å². The highest BCUT2D eigenvalue weighted by Gasteiger charge is 2.32. The fourth-order valence-electron chi connectivity index (χ4n) is 3.60. The summed E-state index contributed by atoms with van der Waals surface area (Å²) in [5.74, 6) is 1.03. The number of carbonyl (C=O) groups is 2. The normalized spacial score (nSPS) is 28.9. The molecule has 4 nitrogen and oxygen atoms in total. The number of hydrogen-bond acceptors (Lipinski definition) is 2. The zero-order chi connectivity index (χ0) is 14.5. The predicted octanol–water partition coefficient (Wildman–Crippen LogP) is 2.38. The first-order valence-electron chi connectivity index (χ1n) is 8.13. The van der Waals surface area contributed by atoms with Gasteiger partial charge in [0.2, 0.25) is 11.8 Å². The third-order valence-electron chi connectivity index (χ3n) is 4.87. The lowest BCUT2D eigenvalue weighted by molar-refractivity contribution is -0.130. The van der Waals surface area contributed by atoms with Crippen LogP contribution in [-0.4, -0.2) is 23.9 Å². The van der Waals surface area contributed by atoms with Crippen LogP contribution >= 0.6 is 0 Å². The molecule has 0 aromatic heterocycles. The average molecular weight is 280 g/mol. The van der Waals surface area contributed by atoms with Gasteiger partial charge < -0.3 is 10.6 Å². The minimum atomic E-state index is -0.325. The molecule has 0 saturated heterocycles. The monoisotopic (exact) mass is 280 g/mol. The molecule has 2 saturated carbocycles. The van der Waals surface area contributed by atoms with E-state index in [1.807, 2.05) is 0 Å². The Balaban J connectivity index is 1.90. The Hall–Kier alpha value is -1.06. The standard InChI is InChI=1S/C16H28N2O2/c1-11-7-9-14(10-8-11)18-16(20)15(17-12(2)19)13-5-3-4-6-13/h11,13-15H,3-10H2,1-2H3,(H,17,19)(H,18,20). The molecule has 0 spiro atoms. The summed E-state index contributed by atoms with van der Waals surface area (Å²) in [7, 11) is 0. The zero-order valence-electron chi connectivity index (χ0n) is 12.8.